The van der Waals surface area contributed by atoms with Crippen molar-refractivity contribution < 1.29 is 23.1 Å². The van der Waals surface area contributed by atoms with Gasteiger partial charge in [0.1, 0.15) is 5.84 Å². The van der Waals surface area contributed by atoms with Gasteiger partial charge in [-0.2, -0.15) is 13.2 Å². The van der Waals surface area contributed by atoms with Crippen molar-refractivity contribution in [3.8, 4) is 0 Å². The summed E-state index contributed by atoms with van der Waals surface area (Å²) in [5, 5.41) is 18.9. The zero-order valence-electron chi connectivity index (χ0n) is 13.8. The van der Waals surface area contributed by atoms with Crippen LogP contribution in [0.2, 0.25) is 0 Å². The maximum absolute atomic E-state index is 10.6. The zero-order chi connectivity index (χ0) is 20.0. The van der Waals surface area contributed by atoms with E-state index in [9.17, 15) is 13.2 Å². The molecule has 0 unspecified atom stereocenters. The number of fused-ring (bicyclic) bond motifs is 1. The number of carboxylic acid groups (broad SMARTS) is 1. The van der Waals surface area contributed by atoms with Gasteiger partial charge in [-0.25, -0.2) is 4.79 Å². The van der Waals surface area contributed by atoms with Crippen LogP contribution in [-0.4, -0.2) is 23.1 Å². The van der Waals surface area contributed by atoms with Gasteiger partial charge in [-0.15, -0.1) is 11.3 Å². The summed E-state index contributed by atoms with van der Waals surface area (Å²) in [4.78, 5) is 10.1. The Balaban J connectivity index is 0.000000321. The Morgan fingerprint density at radius 3 is 2.26 bits per heavy atom. The summed E-state index contributed by atoms with van der Waals surface area (Å²) in [7, 11) is 0. The van der Waals surface area contributed by atoms with Gasteiger partial charge in [-0.1, -0.05) is 36.4 Å². The molecule has 0 atom stereocenters. The highest BCUT2D eigenvalue weighted by Crippen LogP contribution is 2.20. The minimum atomic E-state index is -5.08. The molecule has 0 aliphatic carbocycles. The van der Waals surface area contributed by atoms with Crippen LogP contribution in [0, 0.1) is 5.41 Å². The fourth-order valence-corrected chi connectivity index (χ4v) is 2.72. The van der Waals surface area contributed by atoms with Crippen LogP contribution in [0.5, 0.6) is 0 Å². The number of benzene rings is 2. The van der Waals surface area contributed by atoms with E-state index in [1.54, 1.807) is 11.3 Å². The molecule has 4 nitrogen and oxygen atoms in total. The van der Waals surface area contributed by atoms with Crippen molar-refractivity contribution in [1.82, 2.24) is 0 Å². The SMILES string of the molecule is N=C(N)c1ccc2cc(/C=C/c3cccs3)ccc2c1.O=C(O)C(F)(F)F. The van der Waals surface area contributed by atoms with Gasteiger partial charge < -0.3 is 10.8 Å². The molecule has 0 spiro atoms. The third-order valence-electron chi connectivity index (χ3n) is 3.40. The van der Waals surface area contributed by atoms with E-state index in [0.717, 1.165) is 16.3 Å². The Morgan fingerprint density at radius 1 is 1.07 bits per heavy atom. The number of nitrogen functional groups attached to an aromatic ring is 1. The van der Waals surface area contributed by atoms with Gasteiger partial charge >= 0.3 is 12.1 Å². The maximum atomic E-state index is 10.6. The van der Waals surface area contributed by atoms with E-state index >= 15 is 0 Å². The molecule has 27 heavy (non-hydrogen) atoms. The molecule has 140 valence electrons. The molecule has 0 aliphatic rings. The molecule has 3 rings (SSSR count). The van der Waals surface area contributed by atoms with Gasteiger partial charge in [0.05, 0.1) is 0 Å². The quantitative estimate of drug-likeness (QED) is 0.433. The predicted octanol–water partition coefficient (Wildman–Crippen LogP) is 4.99. The molecule has 8 heteroatoms. The smallest absolute Gasteiger partial charge is 0.475 e. The molecular weight excluding hydrogens is 377 g/mol. The lowest BCUT2D eigenvalue weighted by atomic mass is 10.0. The van der Waals surface area contributed by atoms with Crippen molar-refractivity contribution >= 4 is 46.1 Å². The molecule has 0 bridgehead atoms. The molecule has 0 saturated heterocycles. The third kappa shape index (κ3) is 5.96. The van der Waals surface area contributed by atoms with E-state index in [4.69, 9.17) is 21.0 Å². The minimum absolute atomic E-state index is 0.105. The van der Waals surface area contributed by atoms with Gasteiger partial charge in [0.15, 0.2) is 0 Å². The Kier molecular flexibility index (Phi) is 6.36. The van der Waals surface area contributed by atoms with Crippen LogP contribution >= 0.6 is 11.3 Å². The van der Waals surface area contributed by atoms with Gasteiger partial charge in [0, 0.05) is 10.4 Å². The van der Waals surface area contributed by atoms with E-state index in [-0.39, 0.29) is 5.84 Å². The summed E-state index contributed by atoms with van der Waals surface area (Å²) in [5.74, 6) is -2.65. The highest BCUT2D eigenvalue weighted by Gasteiger charge is 2.38. The molecule has 0 amide bonds. The van der Waals surface area contributed by atoms with E-state index in [1.807, 2.05) is 24.3 Å². The molecule has 4 N–H and O–H groups in total. The molecular formula is C19H15F3N2O2S. The molecule has 0 fully saturated rings. The number of aliphatic carboxylic acids is 1. The first-order chi connectivity index (χ1) is 12.7. The largest absolute Gasteiger partial charge is 0.490 e. The third-order valence-corrected chi connectivity index (χ3v) is 4.24. The Hall–Kier alpha value is -3.13. The van der Waals surface area contributed by atoms with Crippen molar-refractivity contribution in [1.29, 1.82) is 5.41 Å². The van der Waals surface area contributed by atoms with Crippen molar-refractivity contribution in [3.05, 3.63) is 69.9 Å². The van der Waals surface area contributed by atoms with Crippen LogP contribution in [-0.2, 0) is 4.79 Å². The summed E-state index contributed by atoms with van der Waals surface area (Å²) in [6.07, 6.45) is -0.847. The fourth-order valence-electron chi connectivity index (χ4n) is 2.10. The lowest BCUT2D eigenvalue weighted by molar-refractivity contribution is -0.192. The number of nitrogens with two attached hydrogens (primary N) is 1. The second-order valence-corrected chi connectivity index (χ2v) is 6.37. The second-order valence-electron chi connectivity index (χ2n) is 5.39. The number of carboxylic acids is 1. The number of halogens is 3. The standard InChI is InChI=1S/C17H14N2S.C2HF3O2/c18-17(19)15-7-6-13-10-12(3-5-14(13)11-15)4-8-16-2-1-9-20-16;3-2(4,5)1(6)7/h1-11H,(H3,18,19);(H,6,7)/b8-4+;. The van der Waals surface area contributed by atoms with Crippen LogP contribution in [0.25, 0.3) is 22.9 Å². The summed E-state index contributed by atoms with van der Waals surface area (Å²) >= 11 is 1.73. The minimum Gasteiger partial charge on any atom is -0.475 e. The summed E-state index contributed by atoms with van der Waals surface area (Å²) in [6.45, 7) is 0. The van der Waals surface area contributed by atoms with Gasteiger partial charge in [0.2, 0.25) is 0 Å². The average molecular weight is 392 g/mol. The van der Waals surface area contributed by atoms with E-state index in [2.05, 4.69) is 41.8 Å². The van der Waals surface area contributed by atoms with Gasteiger partial charge in [-0.05, 0) is 46.0 Å². The monoisotopic (exact) mass is 392 g/mol. The number of nitrogens with one attached hydrogen (secondary N) is 1. The molecule has 1 aromatic heterocycles. The molecule has 3 aromatic rings. The van der Waals surface area contributed by atoms with Crippen LogP contribution in [0.4, 0.5) is 13.2 Å². The molecule has 0 aliphatic heterocycles. The van der Waals surface area contributed by atoms with Crippen molar-refractivity contribution in [2.75, 3.05) is 0 Å². The number of thiophene rings is 1. The zero-order valence-corrected chi connectivity index (χ0v) is 14.6. The van der Waals surface area contributed by atoms with Crippen LogP contribution < -0.4 is 5.73 Å². The summed E-state index contributed by atoms with van der Waals surface area (Å²) < 4.78 is 31.7. The van der Waals surface area contributed by atoms with E-state index in [0.29, 0.717) is 0 Å². The van der Waals surface area contributed by atoms with Gasteiger partial charge in [0.25, 0.3) is 0 Å². The fraction of sp³-hybridized carbons (Fsp3) is 0.0526. The van der Waals surface area contributed by atoms with Gasteiger partial charge in [-0.3, -0.25) is 5.41 Å². The lowest BCUT2D eigenvalue weighted by Gasteiger charge is -2.03. The Bertz CT molecular complexity index is 980. The topological polar surface area (TPSA) is 87.2 Å². The Morgan fingerprint density at radius 2 is 1.70 bits per heavy atom. The van der Waals surface area contributed by atoms with E-state index in [1.165, 1.54) is 10.4 Å². The molecule has 0 saturated carbocycles. The summed E-state index contributed by atoms with van der Waals surface area (Å²) in [5.41, 5.74) is 7.44. The second kappa shape index (κ2) is 8.50. The number of amidine groups is 1. The number of hydrogen-bond acceptors (Lipinski definition) is 3. The maximum Gasteiger partial charge on any atom is 0.490 e. The normalized spacial score (nSPS) is 11.2. The van der Waals surface area contributed by atoms with Crippen LogP contribution in [0.15, 0.2) is 53.9 Å². The molecule has 2 aromatic carbocycles. The first kappa shape index (κ1) is 20.2. The first-order valence-electron chi connectivity index (χ1n) is 7.57. The number of hydrogen-bond donors (Lipinski definition) is 3. The molecule has 0 radical (unpaired) electrons. The number of carbonyl (C=O) groups is 1. The lowest BCUT2D eigenvalue weighted by Crippen LogP contribution is -2.21. The highest BCUT2D eigenvalue weighted by atomic mass is 32.1. The van der Waals surface area contributed by atoms with Crippen molar-refractivity contribution in [3.63, 3.8) is 0 Å². The van der Waals surface area contributed by atoms with Crippen LogP contribution in [0.1, 0.15) is 16.0 Å². The average Bonchev–Trinajstić information content (AvgIpc) is 3.12. The number of rotatable bonds is 3. The summed E-state index contributed by atoms with van der Waals surface area (Å²) in [6, 6.07) is 16.3. The highest BCUT2D eigenvalue weighted by molar-refractivity contribution is 7.10. The Labute approximate surface area is 156 Å². The first-order valence-corrected chi connectivity index (χ1v) is 8.44. The van der Waals surface area contributed by atoms with Crippen molar-refractivity contribution in [2.45, 2.75) is 6.18 Å². The van der Waals surface area contributed by atoms with E-state index < -0.39 is 12.1 Å². The predicted molar refractivity (Wildman–Crippen MR) is 102 cm³/mol. The van der Waals surface area contributed by atoms with Crippen LogP contribution in [0.3, 0.4) is 0 Å². The number of alkyl halides is 3. The molecule has 1 heterocycles. The van der Waals surface area contributed by atoms with Crippen molar-refractivity contribution in [2.24, 2.45) is 5.73 Å².